The number of hydrogen-bond acceptors (Lipinski definition) is 2. The van der Waals surface area contributed by atoms with Gasteiger partial charge in [-0.15, -0.1) is 0 Å². The van der Waals surface area contributed by atoms with Crippen LogP contribution in [-0.2, 0) is 9.59 Å². The number of benzene rings is 1. The molecule has 108 valence electrons. The first-order valence-corrected chi connectivity index (χ1v) is 7.17. The van der Waals surface area contributed by atoms with Crippen LogP contribution in [0.5, 0.6) is 0 Å². The first kappa shape index (κ1) is 15.0. The van der Waals surface area contributed by atoms with Gasteiger partial charge in [-0.05, 0) is 59.8 Å². The lowest BCUT2D eigenvalue weighted by molar-refractivity contribution is -0.141. The van der Waals surface area contributed by atoms with Crippen LogP contribution >= 0.6 is 15.9 Å². The topological polar surface area (TPSA) is 66.4 Å². The number of anilines is 1. The highest BCUT2D eigenvalue weighted by atomic mass is 79.9. The minimum Gasteiger partial charge on any atom is -0.481 e. The molecule has 2 atom stereocenters. The number of carboxylic acid groups (broad SMARTS) is 1. The van der Waals surface area contributed by atoms with Gasteiger partial charge in [-0.25, -0.2) is 4.39 Å². The van der Waals surface area contributed by atoms with Crippen LogP contribution in [0.1, 0.15) is 24.8 Å². The minimum absolute atomic E-state index is 0.199. The number of aryl methyl sites for hydroxylation is 1. The number of aliphatic carboxylic acids is 1. The van der Waals surface area contributed by atoms with Crippen LogP contribution in [0.2, 0.25) is 0 Å². The Bertz CT molecular complexity index is 562. The number of carbonyl (C=O) groups is 2. The van der Waals surface area contributed by atoms with Gasteiger partial charge in [-0.1, -0.05) is 0 Å². The summed E-state index contributed by atoms with van der Waals surface area (Å²) in [5.74, 6) is -2.16. The molecule has 1 fully saturated rings. The van der Waals surface area contributed by atoms with Crippen molar-refractivity contribution < 1.29 is 19.1 Å². The third-order valence-electron chi connectivity index (χ3n) is 3.68. The third kappa shape index (κ3) is 3.17. The highest BCUT2D eigenvalue weighted by Crippen LogP contribution is 2.32. The van der Waals surface area contributed by atoms with Gasteiger partial charge < -0.3 is 10.4 Å². The molecule has 1 aromatic carbocycles. The van der Waals surface area contributed by atoms with E-state index in [4.69, 9.17) is 5.11 Å². The predicted molar refractivity (Wildman–Crippen MR) is 75.9 cm³/mol. The smallest absolute Gasteiger partial charge is 0.306 e. The fraction of sp³-hybridized carbons (Fsp3) is 0.429. The number of carbonyl (C=O) groups excluding carboxylic acids is 1. The minimum atomic E-state index is -0.846. The van der Waals surface area contributed by atoms with Gasteiger partial charge in [-0.3, -0.25) is 9.59 Å². The van der Waals surface area contributed by atoms with Crippen molar-refractivity contribution in [1.29, 1.82) is 0 Å². The maximum atomic E-state index is 13.3. The van der Waals surface area contributed by atoms with E-state index in [1.54, 1.807) is 6.92 Å². The molecular weight excluding hydrogens is 329 g/mol. The molecule has 0 heterocycles. The van der Waals surface area contributed by atoms with Gasteiger partial charge in [-0.2, -0.15) is 0 Å². The van der Waals surface area contributed by atoms with Crippen molar-refractivity contribution in [3.63, 3.8) is 0 Å². The lowest BCUT2D eigenvalue weighted by Gasteiger charge is -2.13. The van der Waals surface area contributed by atoms with Gasteiger partial charge in [0.1, 0.15) is 5.82 Å². The van der Waals surface area contributed by atoms with E-state index < -0.39 is 11.9 Å². The summed E-state index contributed by atoms with van der Waals surface area (Å²) in [4.78, 5) is 23.0. The van der Waals surface area contributed by atoms with E-state index in [0.29, 0.717) is 30.5 Å². The van der Waals surface area contributed by atoms with Crippen molar-refractivity contribution in [3.8, 4) is 0 Å². The molecule has 0 bridgehead atoms. The Morgan fingerprint density at radius 2 is 2.00 bits per heavy atom. The first-order chi connectivity index (χ1) is 9.38. The standard InChI is InChI=1S/C14H15BrFNO3/c1-7-4-11(16)10(15)6-12(7)17-13(18)8-2-3-9(5-8)14(19)20/h4,6,8-9H,2-3,5H2,1H3,(H,17,18)(H,19,20). The molecule has 0 aromatic heterocycles. The molecular formula is C14H15BrFNO3. The van der Waals surface area contributed by atoms with Crippen molar-refractivity contribution >= 4 is 33.5 Å². The van der Waals surface area contributed by atoms with Crippen molar-refractivity contribution in [2.24, 2.45) is 11.8 Å². The quantitative estimate of drug-likeness (QED) is 0.884. The SMILES string of the molecule is Cc1cc(F)c(Br)cc1NC(=O)C1CCC(C(=O)O)C1. The van der Waals surface area contributed by atoms with Gasteiger partial charge >= 0.3 is 5.97 Å². The van der Waals surface area contributed by atoms with Gasteiger partial charge in [0, 0.05) is 11.6 Å². The van der Waals surface area contributed by atoms with E-state index in [1.807, 2.05) is 0 Å². The van der Waals surface area contributed by atoms with Gasteiger partial charge in [0.2, 0.25) is 5.91 Å². The molecule has 4 nitrogen and oxygen atoms in total. The first-order valence-electron chi connectivity index (χ1n) is 6.37. The monoisotopic (exact) mass is 343 g/mol. The summed E-state index contributed by atoms with van der Waals surface area (Å²) >= 11 is 3.08. The van der Waals surface area contributed by atoms with Crippen LogP contribution in [0.15, 0.2) is 16.6 Å². The van der Waals surface area contributed by atoms with Crippen LogP contribution in [0, 0.1) is 24.6 Å². The zero-order valence-electron chi connectivity index (χ0n) is 11.0. The maximum Gasteiger partial charge on any atom is 0.306 e. The molecule has 2 unspecified atom stereocenters. The largest absolute Gasteiger partial charge is 0.481 e. The zero-order valence-corrected chi connectivity index (χ0v) is 12.5. The molecule has 1 aliphatic rings. The second kappa shape index (κ2) is 5.91. The molecule has 2 N–H and O–H groups in total. The number of carboxylic acids is 1. The van der Waals surface area contributed by atoms with E-state index in [1.165, 1.54) is 12.1 Å². The normalized spacial score (nSPS) is 21.8. The number of amides is 1. The van der Waals surface area contributed by atoms with Gasteiger partial charge in [0.15, 0.2) is 0 Å². The molecule has 1 aliphatic carbocycles. The fourth-order valence-electron chi connectivity index (χ4n) is 2.46. The second-order valence-corrected chi connectivity index (χ2v) is 5.97. The molecule has 1 amide bonds. The van der Waals surface area contributed by atoms with Crippen molar-refractivity contribution in [1.82, 2.24) is 0 Å². The van der Waals surface area contributed by atoms with Crippen LogP contribution in [0.4, 0.5) is 10.1 Å². The lowest BCUT2D eigenvalue weighted by atomic mass is 10.0. The third-order valence-corrected chi connectivity index (χ3v) is 4.29. The van der Waals surface area contributed by atoms with Crippen LogP contribution in [-0.4, -0.2) is 17.0 Å². The predicted octanol–water partition coefficient (Wildman–Crippen LogP) is 3.34. The summed E-state index contributed by atoms with van der Waals surface area (Å²) in [6.45, 7) is 1.71. The summed E-state index contributed by atoms with van der Waals surface area (Å²) < 4.78 is 13.6. The summed E-state index contributed by atoms with van der Waals surface area (Å²) in [5.41, 5.74) is 1.17. The Hall–Kier alpha value is -1.43. The molecule has 1 aromatic rings. The highest BCUT2D eigenvalue weighted by Gasteiger charge is 2.33. The Morgan fingerprint density at radius 1 is 1.35 bits per heavy atom. The number of halogens is 2. The molecule has 0 spiro atoms. The van der Waals surface area contributed by atoms with Crippen molar-refractivity contribution in [2.45, 2.75) is 26.2 Å². The van der Waals surface area contributed by atoms with E-state index in [9.17, 15) is 14.0 Å². The Balaban J connectivity index is 2.06. The lowest BCUT2D eigenvalue weighted by Crippen LogP contribution is -2.22. The molecule has 2 rings (SSSR count). The van der Waals surface area contributed by atoms with E-state index in [2.05, 4.69) is 21.2 Å². The summed E-state index contributed by atoms with van der Waals surface area (Å²) in [5, 5.41) is 11.7. The zero-order chi connectivity index (χ0) is 14.9. The number of hydrogen-bond donors (Lipinski definition) is 2. The van der Waals surface area contributed by atoms with E-state index in [0.717, 1.165) is 0 Å². The fourth-order valence-corrected chi connectivity index (χ4v) is 2.80. The van der Waals surface area contributed by atoms with Crippen LogP contribution in [0.25, 0.3) is 0 Å². The Kier molecular flexibility index (Phi) is 4.42. The molecule has 0 aliphatic heterocycles. The Labute approximate surface area is 124 Å². The molecule has 0 radical (unpaired) electrons. The Morgan fingerprint density at radius 3 is 2.60 bits per heavy atom. The summed E-state index contributed by atoms with van der Waals surface area (Å²) in [7, 11) is 0. The summed E-state index contributed by atoms with van der Waals surface area (Å²) in [6, 6.07) is 2.86. The van der Waals surface area contributed by atoms with Crippen molar-refractivity contribution in [2.75, 3.05) is 5.32 Å². The molecule has 20 heavy (non-hydrogen) atoms. The van der Waals surface area contributed by atoms with Gasteiger partial charge in [0.25, 0.3) is 0 Å². The second-order valence-electron chi connectivity index (χ2n) is 5.12. The van der Waals surface area contributed by atoms with E-state index >= 15 is 0 Å². The van der Waals surface area contributed by atoms with E-state index in [-0.39, 0.29) is 22.1 Å². The number of nitrogens with one attached hydrogen (secondary N) is 1. The highest BCUT2D eigenvalue weighted by molar-refractivity contribution is 9.10. The maximum absolute atomic E-state index is 13.3. The average Bonchev–Trinajstić information content (AvgIpc) is 2.85. The molecule has 6 heteroatoms. The van der Waals surface area contributed by atoms with Gasteiger partial charge in [0.05, 0.1) is 10.4 Å². The number of rotatable bonds is 3. The van der Waals surface area contributed by atoms with Crippen LogP contribution in [0.3, 0.4) is 0 Å². The van der Waals surface area contributed by atoms with Crippen LogP contribution < -0.4 is 5.32 Å². The molecule has 1 saturated carbocycles. The molecule has 0 saturated heterocycles. The summed E-state index contributed by atoms with van der Waals surface area (Å²) in [6.07, 6.45) is 1.46. The van der Waals surface area contributed by atoms with Crippen molar-refractivity contribution in [3.05, 3.63) is 28.0 Å². The average molecular weight is 344 g/mol.